The maximum absolute atomic E-state index is 11.6. The van der Waals surface area contributed by atoms with Crippen LogP contribution in [0.1, 0.15) is 24.0 Å². The molecule has 3 nitrogen and oxygen atoms in total. The number of methoxy groups -OCH3 is 1. The Morgan fingerprint density at radius 2 is 2.18 bits per heavy atom. The van der Waals surface area contributed by atoms with Crippen molar-refractivity contribution in [3.63, 3.8) is 0 Å². The van der Waals surface area contributed by atoms with Crippen LogP contribution in [-0.2, 0) is 14.9 Å². The lowest BCUT2D eigenvalue weighted by atomic mass is 9.85. The van der Waals surface area contributed by atoms with Crippen LogP contribution in [-0.4, -0.2) is 19.1 Å². The number of ether oxygens (including phenoxy) is 1. The van der Waals surface area contributed by atoms with E-state index >= 15 is 0 Å². The largest absolute Gasteiger partial charge is 0.468 e. The first-order valence-electron chi connectivity index (χ1n) is 5.55. The fourth-order valence-corrected chi connectivity index (χ4v) is 2.28. The molecule has 1 unspecified atom stereocenters. The summed E-state index contributed by atoms with van der Waals surface area (Å²) in [4.78, 5) is 11.6. The second kappa shape index (κ2) is 4.23. The zero-order chi connectivity index (χ0) is 12.5. The fourth-order valence-electron chi connectivity index (χ4n) is 2.28. The Hall–Kier alpha value is -1.79. The highest BCUT2D eigenvalue weighted by atomic mass is 16.5. The summed E-state index contributed by atoms with van der Waals surface area (Å²) in [6.45, 7) is 0. The molecule has 1 saturated carbocycles. The van der Waals surface area contributed by atoms with E-state index in [0.717, 1.165) is 24.0 Å². The van der Waals surface area contributed by atoms with Crippen LogP contribution in [0.2, 0.25) is 0 Å². The Bertz CT molecular complexity index is 483. The Morgan fingerprint density at radius 3 is 2.71 bits per heavy atom. The number of hydrogen-bond donors (Lipinski definition) is 1. The first-order valence-corrected chi connectivity index (χ1v) is 5.55. The van der Waals surface area contributed by atoms with Crippen molar-refractivity contribution in [1.82, 2.24) is 0 Å². The number of esters is 1. The third-order valence-electron chi connectivity index (χ3n) is 3.46. The molecule has 3 heteroatoms. The zero-order valence-corrected chi connectivity index (χ0v) is 9.77. The number of nitrogens with two attached hydrogens (primary N) is 1. The minimum Gasteiger partial charge on any atom is -0.468 e. The summed E-state index contributed by atoms with van der Waals surface area (Å²) in [7, 11) is 1.35. The van der Waals surface area contributed by atoms with E-state index in [1.54, 1.807) is 0 Å². The lowest BCUT2D eigenvalue weighted by Gasteiger charge is -2.22. The van der Waals surface area contributed by atoms with Crippen LogP contribution in [0.3, 0.4) is 0 Å². The highest BCUT2D eigenvalue weighted by molar-refractivity contribution is 5.79. The van der Waals surface area contributed by atoms with Crippen molar-refractivity contribution in [2.24, 2.45) is 5.73 Å². The van der Waals surface area contributed by atoms with Gasteiger partial charge < -0.3 is 10.5 Å². The molecule has 1 fully saturated rings. The van der Waals surface area contributed by atoms with Crippen molar-refractivity contribution in [2.45, 2.75) is 24.3 Å². The van der Waals surface area contributed by atoms with E-state index in [1.165, 1.54) is 7.11 Å². The van der Waals surface area contributed by atoms with Gasteiger partial charge in [-0.3, -0.25) is 4.79 Å². The lowest BCUT2D eigenvalue weighted by molar-refractivity contribution is -0.143. The monoisotopic (exact) mass is 229 g/mol. The zero-order valence-electron chi connectivity index (χ0n) is 9.77. The molecule has 0 bridgehead atoms. The number of rotatable bonds is 3. The van der Waals surface area contributed by atoms with Crippen molar-refractivity contribution in [1.29, 1.82) is 0 Å². The average molecular weight is 229 g/mol. The number of hydrogen-bond acceptors (Lipinski definition) is 3. The van der Waals surface area contributed by atoms with Gasteiger partial charge in [0, 0.05) is 11.0 Å². The van der Waals surface area contributed by atoms with Gasteiger partial charge in [-0.25, -0.2) is 0 Å². The standard InChI is InChI=1S/C14H15NO2/c1-3-10-6-4-5-7-11(10)14(8-9-14)12(15)13(16)17-2/h1,4-7,12H,8-9,15H2,2H3. The molecule has 1 atom stereocenters. The number of carbonyl (C=O) groups excluding carboxylic acids is 1. The van der Waals surface area contributed by atoms with E-state index in [9.17, 15) is 4.79 Å². The quantitative estimate of drug-likeness (QED) is 0.626. The van der Waals surface area contributed by atoms with Crippen LogP contribution >= 0.6 is 0 Å². The second-order valence-corrected chi connectivity index (χ2v) is 4.35. The molecule has 0 aromatic heterocycles. The van der Waals surface area contributed by atoms with Crippen molar-refractivity contribution in [3.05, 3.63) is 35.4 Å². The van der Waals surface area contributed by atoms with Gasteiger partial charge in [-0.15, -0.1) is 6.42 Å². The summed E-state index contributed by atoms with van der Waals surface area (Å²) in [6, 6.07) is 6.99. The summed E-state index contributed by atoms with van der Waals surface area (Å²) in [5, 5.41) is 0. The van der Waals surface area contributed by atoms with Gasteiger partial charge in [0.2, 0.25) is 0 Å². The van der Waals surface area contributed by atoms with Gasteiger partial charge >= 0.3 is 5.97 Å². The van der Waals surface area contributed by atoms with E-state index < -0.39 is 6.04 Å². The predicted octanol–water partition coefficient (Wildman–Crippen LogP) is 1.20. The minimum absolute atomic E-state index is 0.323. The summed E-state index contributed by atoms with van der Waals surface area (Å²) >= 11 is 0. The molecule has 0 radical (unpaired) electrons. The van der Waals surface area contributed by atoms with Gasteiger partial charge in [0.25, 0.3) is 0 Å². The predicted molar refractivity (Wildman–Crippen MR) is 65.3 cm³/mol. The molecular weight excluding hydrogens is 214 g/mol. The maximum Gasteiger partial charge on any atom is 0.323 e. The Labute approximate surface area is 101 Å². The van der Waals surface area contributed by atoms with E-state index in [0.29, 0.717) is 0 Å². The Balaban J connectivity index is 2.40. The van der Waals surface area contributed by atoms with Gasteiger partial charge in [-0.2, -0.15) is 0 Å². The molecule has 1 aromatic rings. The number of benzene rings is 1. The highest BCUT2D eigenvalue weighted by Crippen LogP contribution is 2.51. The van der Waals surface area contributed by atoms with Crippen molar-refractivity contribution >= 4 is 5.97 Å². The van der Waals surface area contributed by atoms with Gasteiger partial charge in [0.15, 0.2) is 0 Å². The normalized spacial score (nSPS) is 17.9. The first-order chi connectivity index (χ1) is 8.15. The van der Waals surface area contributed by atoms with Gasteiger partial charge in [0.1, 0.15) is 6.04 Å². The van der Waals surface area contributed by atoms with E-state index in [2.05, 4.69) is 5.92 Å². The smallest absolute Gasteiger partial charge is 0.323 e. The Kier molecular flexibility index (Phi) is 2.91. The van der Waals surface area contributed by atoms with Gasteiger partial charge in [-0.1, -0.05) is 24.1 Å². The molecule has 0 aliphatic heterocycles. The molecule has 1 aromatic carbocycles. The molecule has 0 saturated heterocycles. The molecule has 0 amide bonds. The average Bonchev–Trinajstić information content (AvgIpc) is 3.18. The summed E-state index contributed by atoms with van der Waals surface area (Å²) in [5.41, 5.74) is 7.45. The van der Waals surface area contributed by atoms with E-state index in [-0.39, 0.29) is 11.4 Å². The minimum atomic E-state index is -0.637. The lowest BCUT2D eigenvalue weighted by Crippen LogP contribution is -2.43. The van der Waals surface area contributed by atoms with E-state index in [1.807, 2.05) is 24.3 Å². The highest BCUT2D eigenvalue weighted by Gasteiger charge is 2.53. The summed E-state index contributed by atoms with van der Waals surface area (Å²) in [5.74, 6) is 2.27. The number of terminal acetylenes is 1. The third kappa shape index (κ3) is 1.81. The maximum atomic E-state index is 11.6. The van der Waals surface area contributed by atoms with Gasteiger partial charge in [0.05, 0.1) is 7.11 Å². The van der Waals surface area contributed by atoms with E-state index in [4.69, 9.17) is 16.9 Å². The molecule has 1 aliphatic carbocycles. The van der Waals surface area contributed by atoms with Crippen LogP contribution in [0.5, 0.6) is 0 Å². The van der Waals surface area contributed by atoms with Crippen molar-refractivity contribution in [2.75, 3.05) is 7.11 Å². The van der Waals surface area contributed by atoms with Crippen molar-refractivity contribution in [3.8, 4) is 12.3 Å². The molecule has 1 aliphatic rings. The molecular formula is C14H15NO2. The molecule has 0 spiro atoms. The molecule has 2 N–H and O–H groups in total. The molecule has 2 rings (SSSR count). The van der Waals surface area contributed by atoms with Crippen LogP contribution in [0, 0.1) is 12.3 Å². The second-order valence-electron chi connectivity index (χ2n) is 4.35. The molecule has 17 heavy (non-hydrogen) atoms. The van der Waals surface area contributed by atoms with Gasteiger partial charge in [-0.05, 0) is 24.5 Å². The Morgan fingerprint density at radius 1 is 1.53 bits per heavy atom. The summed E-state index contributed by atoms with van der Waals surface area (Å²) < 4.78 is 4.72. The summed E-state index contributed by atoms with van der Waals surface area (Å²) in [6.07, 6.45) is 7.23. The van der Waals surface area contributed by atoms with Crippen LogP contribution in [0.25, 0.3) is 0 Å². The van der Waals surface area contributed by atoms with Crippen LogP contribution in [0.4, 0.5) is 0 Å². The fraction of sp³-hybridized carbons (Fsp3) is 0.357. The molecule has 88 valence electrons. The topological polar surface area (TPSA) is 52.3 Å². The van der Waals surface area contributed by atoms with Crippen LogP contribution < -0.4 is 5.73 Å². The van der Waals surface area contributed by atoms with Crippen LogP contribution in [0.15, 0.2) is 24.3 Å². The van der Waals surface area contributed by atoms with Crippen molar-refractivity contribution < 1.29 is 9.53 Å². The SMILES string of the molecule is C#Cc1ccccc1C1(C(N)C(=O)OC)CC1. The molecule has 0 heterocycles. The first kappa shape index (κ1) is 11.7. The number of carbonyl (C=O) groups is 1. The third-order valence-corrected chi connectivity index (χ3v) is 3.46.